The van der Waals surface area contributed by atoms with E-state index >= 15 is 0 Å². The minimum absolute atomic E-state index is 0.100. The van der Waals surface area contributed by atoms with Crippen LogP contribution < -0.4 is 4.74 Å². The van der Waals surface area contributed by atoms with Crippen LogP contribution in [0.15, 0.2) is 42.0 Å². The second kappa shape index (κ2) is 14.5. The number of benzene rings is 1. The molecule has 4 rings (SSSR count). The number of rotatable bonds is 10. The Morgan fingerprint density at radius 2 is 1.86 bits per heavy atom. The Bertz CT molecular complexity index is 853. The van der Waals surface area contributed by atoms with Crippen LogP contribution in [0.3, 0.4) is 0 Å². The van der Waals surface area contributed by atoms with Crippen molar-refractivity contribution in [1.82, 2.24) is 0 Å². The highest BCUT2D eigenvalue weighted by atomic mass is 16.6. The van der Waals surface area contributed by atoms with Crippen molar-refractivity contribution in [3.8, 4) is 5.75 Å². The standard InChI is InChI=1S/C15H24O2.C13H16O4.CH4O/c1-11(2)7-8-13-14(3,17-13)12-6-4-5-9-15(12)10-16-15;14-9-1-2-10-17-12-6-3-11(4-7-12)5-8-13(15)16;1-2/h7,12-13H,4-6,8-10H2,1-3H3;3-8,14H,1-2,9-10H2,(H,15,16);2H,1H3/b;8-5+;. The first-order valence-electron chi connectivity index (χ1n) is 12.9. The first kappa shape index (κ1) is 30.0. The van der Waals surface area contributed by atoms with Crippen LogP contribution in [0.2, 0.25) is 0 Å². The molecule has 2 aliphatic heterocycles. The monoisotopic (exact) mass is 504 g/mol. The summed E-state index contributed by atoms with van der Waals surface area (Å²) < 4.78 is 17.3. The molecule has 4 atom stereocenters. The molecule has 1 aromatic carbocycles. The molecule has 1 aromatic rings. The molecule has 7 heteroatoms. The third-order valence-electron chi connectivity index (χ3n) is 7.02. The minimum atomic E-state index is -0.964. The predicted octanol–water partition coefficient (Wildman–Crippen LogP) is 5.00. The summed E-state index contributed by atoms with van der Waals surface area (Å²) >= 11 is 0. The van der Waals surface area contributed by atoms with E-state index in [1.54, 1.807) is 24.3 Å². The first-order valence-corrected chi connectivity index (χ1v) is 12.9. The Hall–Kier alpha value is -2.19. The molecule has 2 saturated heterocycles. The average Bonchev–Trinajstić information content (AvgIpc) is 3.79. The number of unbranched alkanes of at least 4 members (excludes halogenated alkanes) is 1. The van der Waals surface area contributed by atoms with Gasteiger partial charge in [-0.3, -0.25) is 0 Å². The van der Waals surface area contributed by atoms with Crippen molar-refractivity contribution >= 4 is 12.0 Å². The number of carbonyl (C=O) groups is 1. The van der Waals surface area contributed by atoms with Gasteiger partial charge in [-0.05, 0) is 76.6 Å². The summed E-state index contributed by atoms with van der Waals surface area (Å²) in [5.41, 5.74) is 2.52. The number of aliphatic carboxylic acids is 1. The number of hydrogen-bond donors (Lipinski definition) is 3. The van der Waals surface area contributed by atoms with Gasteiger partial charge in [0.05, 0.1) is 30.5 Å². The molecule has 0 aromatic heterocycles. The van der Waals surface area contributed by atoms with E-state index in [1.807, 2.05) is 0 Å². The quantitative estimate of drug-likeness (QED) is 0.178. The van der Waals surface area contributed by atoms with Crippen molar-refractivity contribution in [2.75, 3.05) is 26.9 Å². The SMILES string of the molecule is CC(C)=CCC1OC1(C)C1CCCCC12CO2.CO.O=C(O)/C=C/c1ccc(OCCCCO)cc1. The molecule has 7 nitrogen and oxygen atoms in total. The molecule has 1 saturated carbocycles. The van der Waals surface area contributed by atoms with Gasteiger partial charge in [0.1, 0.15) is 5.75 Å². The summed E-state index contributed by atoms with van der Waals surface area (Å²) in [6.45, 7) is 8.35. The Morgan fingerprint density at radius 3 is 2.44 bits per heavy atom. The molecule has 0 radical (unpaired) electrons. The summed E-state index contributed by atoms with van der Waals surface area (Å²) in [6, 6.07) is 7.17. The molecule has 202 valence electrons. The fourth-order valence-corrected chi connectivity index (χ4v) is 4.91. The predicted molar refractivity (Wildman–Crippen MR) is 141 cm³/mol. The zero-order valence-electron chi connectivity index (χ0n) is 22.2. The van der Waals surface area contributed by atoms with Crippen molar-refractivity contribution in [2.45, 2.75) is 83.0 Å². The smallest absolute Gasteiger partial charge is 0.328 e. The maximum absolute atomic E-state index is 10.3. The molecule has 1 aliphatic carbocycles. The Morgan fingerprint density at radius 1 is 1.17 bits per heavy atom. The minimum Gasteiger partial charge on any atom is -0.494 e. The van der Waals surface area contributed by atoms with Gasteiger partial charge in [0.25, 0.3) is 0 Å². The number of allylic oxidation sites excluding steroid dienone is 1. The molecule has 0 bridgehead atoms. The summed E-state index contributed by atoms with van der Waals surface area (Å²) in [5, 5.41) is 24.1. The molecule has 3 fully saturated rings. The Kier molecular flexibility index (Phi) is 12.1. The molecule has 0 amide bonds. The number of carboxylic acid groups (broad SMARTS) is 1. The van der Waals surface area contributed by atoms with Crippen LogP contribution in [-0.2, 0) is 14.3 Å². The molecule has 3 aliphatic rings. The van der Waals surface area contributed by atoms with Crippen molar-refractivity contribution < 1.29 is 34.3 Å². The summed E-state index contributed by atoms with van der Waals surface area (Å²) in [7, 11) is 1.00. The number of aliphatic hydroxyl groups is 2. The van der Waals surface area contributed by atoms with Gasteiger partial charge in [-0.2, -0.15) is 0 Å². The molecule has 1 spiro atoms. The van der Waals surface area contributed by atoms with Crippen molar-refractivity contribution in [3.05, 3.63) is 47.6 Å². The van der Waals surface area contributed by atoms with E-state index in [2.05, 4.69) is 26.8 Å². The number of aliphatic hydroxyl groups excluding tert-OH is 2. The van der Waals surface area contributed by atoms with E-state index in [-0.39, 0.29) is 17.8 Å². The van der Waals surface area contributed by atoms with Crippen LogP contribution in [0, 0.1) is 5.92 Å². The van der Waals surface area contributed by atoms with Crippen LogP contribution in [0.4, 0.5) is 0 Å². The van der Waals surface area contributed by atoms with Gasteiger partial charge in [-0.25, -0.2) is 4.79 Å². The van der Waals surface area contributed by atoms with Crippen molar-refractivity contribution in [2.24, 2.45) is 5.92 Å². The van der Waals surface area contributed by atoms with Gasteiger partial charge in [0.15, 0.2) is 0 Å². The van der Waals surface area contributed by atoms with Gasteiger partial charge in [-0.1, -0.05) is 36.6 Å². The summed E-state index contributed by atoms with van der Waals surface area (Å²) in [4.78, 5) is 10.3. The van der Waals surface area contributed by atoms with Crippen molar-refractivity contribution in [1.29, 1.82) is 0 Å². The highest BCUT2D eigenvalue weighted by Crippen LogP contribution is 2.58. The van der Waals surface area contributed by atoms with E-state index in [0.29, 0.717) is 18.6 Å². The van der Waals surface area contributed by atoms with E-state index in [0.717, 1.165) is 50.4 Å². The lowest BCUT2D eigenvalue weighted by atomic mass is 9.71. The number of epoxide rings is 2. The fourth-order valence-electron chi connectivity index (χ4n) is 4.91. The van der Waals surface area contributed by atoms with Crippen LogP contribution in [0.25, 0.3) is 6.08 Å². The molecule has 4 unspecified atom stereocenters. The van der Waals surface area contributed by atoms with Gasteiger partial charge < -0.3 is 29.5 Å². The third-order valence-corrected chi connectivity index (χ3v) is 7.02. The Labute approximate surface area is 215 Å². The van der Waals surface area contributed by atoms with Gasteiger partial charge in [0.2, 0.25) is 0 Å². The van der Waals surface area contributed by atoms with Crippen LogP contribution >= 0.6 is 0 Å². The van der Waals surface area contributed by atoms with Gasteiger partial charge in [-0.15, -0.1) is 0 Å². The zero-order chi connectivity index (χ0) is 26.6. The topological polar surface area (TPSA) is 112 Å². The number of carboxylic acids is 1. The molecular formula is C29H44O7. The van der Waals surface area contributed by atoms with Crippen LogP contribution in [0.1, 0.15) is 71.3 Å². The van der Waals surface area contributed by atoms with E-state index in [9.17, 15) is 4.79 Å². The van der Waals surface area contributed by atoms with Gasteiger partial charge >= 0.3 is 5.97 Å². The normalized spacial score (nSPS) is 27.8. The second-order valence-corrected chi connectivity index (χ2v) is 9.98. The maximum Gasteiger partial charge on any atom is 0.328 e. The molecule has 36 heavy (non-hydrogen) atoms. The van der Waals surface area contributed by atoms with E-state index in [4.69, 9.17) is 29.5 Å². The number of hydrogen-bond acceptors (Lipinski definition) is 6. The first-order chi connectivity index (χ1) is 17.3. The lowest BCUT2D eigenvalue weighted by Gasteiger charge is -2.32. The molecule has 2 heterocycles. The highest BCUT2D eigenvalue weighted by Gasteiger charge is 2.67. The largest absolute Gasteiger partial charge is 0.494 e. The van der Waals surface area contributed by atoms with Gasteiger partial charge in [0, 0.05) is 25.7 Å². The summed E-state index contributed by atoms with van der Waals surface area (Å²) in [5.74, 6) is 0.420. The lowest BCUT2D eigenvalue weighted by Crippen LogP contribution is -2.39. The van der Waals surface area contributed by atoms with Crippen LogP contribution in [0.5, 0.6) is 5.75 Å². The second-order valence-electron chi connectivity index (χ2n) is 9.98. The van der Waals surface area contributed by atoms with E-state index < -0.39 is 5.97 Å². The Balaban J connectivity index is 0.000000237. The zero-order valence-corrected chi connectivity index (χ0v) is 22.2. The molecule has 3 N–H and O–H groups in total. The van der Waals surface area contributed by atoms with Crippen molar-refractivity contribution in [3.63, 3.8) is 0 Å². The maximum atomic E-state index is 10.3. The third kappa shape index (κ3) is 9.04. The van der Waals surface area contributed by atoms with Crippen LogP contribution in [-0.4, -0.2) is 65.5 Å². The summed E-state index contributed by atoms with van der Waals surface area (Å²) in [6.07, 6.45) is 13.2. The highest BCUT2D eigenvalue weighted by molar-refractivity contribution is 5.85. The lowest BCUT2D eigenvalue weighted by molar-refractivity contribution is -0.131. The van der Waals surface area contributed by atoms with E-state index in [1.165, 1.54) is 37.3 Å². The average molecular weight is 505 g/mol. The number of ether oxygens (including phenoxy) is 3. The fraction of sp³-hybridized carbons (Fsp3) is 0.621. The molecular weight excluding hydrogens is 460 g/mol.